The topological polar surface area (TPSA) is 58.1 Å². The first kappa shape index (κ1) is 16.3. The van der Waals surface area contributed by atoms with Crippen LogP contribution in [0.25, 0.3) is 0 Å². The lowest BCUT2D eigenvalue weighted by atomic mass is 9.90. The molecule has 0 aliphatic carbocycles. The molecule has 0 spiro atoms. The molecule has 1 N–H and O–H groups in total. The van der Waals surface area contributed by atoms with Gasteiger partial charge >= 0.3 is 0 Å². The molecule has 1 aliphatic heterocycles. The normalized spacial score (nSPS) is 16.3. The van der Waals surface area contributed by atoms with E-state index in [1.54, 1.807) is 17.3 Å². The average Bonchev–Trinajstić information content (AvgIpc) is 2.70. The maximum atomic E-state index is 12.8. The monoisotopic (exact) mass is 344 g/mol. The number of nitrogens with zero attached hydrogens (tertiary/aromatic N) is 3. The number of benzene rings is 2. The van der Waals surface area contributed by atoms with Crippen LogP contribution in [-0.2, 0) is 17.8 Å². The Hall–Kier alpha value is -3.21. The highest BCUT2D eigenvalue weighted by molar-refractivity contribution is 6.00. The van der Waals surface area contributed by atoms with E-state index in [2.05, 4.69) is 33.5 Å². The summed E-state index contributed by atoms with van der Waals surface area (Å²) in [6.45, 7) is 0.667. The fourth-order valence-electron chi connectivity index (χ4n) is 3.32. The molecule has 0 saturated carbocycles. The maximum Gasteiger partial charge on any atom is 0.236 e. The van der Waals surface area contributed by atoms with Crippen LogP contribution in [0.15, 0.2) is 67.0 Å². The number of likely N-dealkylation sites (N-methyl/N-ethyl adjacent to an activating group) is 1. The third-order valence-corrected chi connectivity index (χ3v) is 4.73. The van der Waals surface area contributed by atoms with Crippen LogP contribution in [0.3, 0.4) is 0 Å². The van der Waals surface area contributed by atoms with Crippen LogP contribution in [-0.4, -0.2) is 22.9 Å². The summed E-state index contributed by atoms with van der Waals surface area (Å²) in [7, 11) is 1.82. The lowest BCUT2D eigenvalue weighted by Gasteiger charge is -2.31. The van der Waals surface area contributed by atoms with Crippen molar-refractivity contribution in [2.45, 2.75) is 18.9 Å². The summed E-state index contributed by atoms with van der Waals surface area (Å²) in [5, 5.41) is 3.29. The number of nitrogens with one attached hydrogen (secondary N) is 1. The molecule has 2 aromatic carbocycles. The van der Waals surface area contributed by atoms with E-state index in [9.17, 15) is 4.79 Å². The van der Waals surface area contributed by atoms with Crippen molar-refractivity contribution in [3.05, 3.63) is 83.8 Å². The quantitative estimate of drug-likeness (QED) is 0.788. The SMILES string of the molecule is CN1C(=O)C(c2cncc(NCc3ccccc3)n2)Cc2ccccc21. The Kier molecular flexibility index (Phi) is 4.35. The van der Waals surface area contributed by atoms with Gasteiger partial charge in [0.2, 0.25) is 5.91 Å². The van der Waals surface area contributed by atoms with E-state index in [4.69, 9.17) is 0 Å². The summed E-state index contributed by atoms with van der Waals surface area (Å²) in [6, 6.07) is 18.1. The fourth-order valence-corrected chi connectivity index (χ4v) is 3.32. The summed E-state index contributed by atoms with van der Waals surface area (Å²) in [5.74, 6) is 0.430. The van der Waals surface area contributed by atoms with Crippen LogP contribution in [0.5, 0.6) is 0 Å². The van der Waals surface area contributed by atoms with Gasteiger partial charge in [-0.15, -0.1) is 0 Å². The molecule has 1 unspecified atom stereocenters. The number of carbonyl (C=O) groups excluding carboxylic acids is 1. The van der Waals surface area contributed by atoms with Gasteiger partial charge in [0.1, 0.15) is 5.82 Å². The molecule has 0 radical (unpaired) electrons. The fraction of sp³-hybridized carbons (Fsp3) is 0.190. The zero-order chi connectivity index (χ0) is 17.9. The summed E-state index contributed by atoms with van der Waals surface area (Å²) < 4.78 is 0. The van der Waals surface area contributed by atoms with Crippen LogP contribution >= 0.6 is 0 Å². The van der Waals surface area contributed by atoms with E-state index >= 15 is 0 Å². The minimum absolute atomic E-state index is 0.0539. The number of hydrogen-bond acceptors (Lipinski definition) is 4. The van der Waals surface area contributed by atoms with Gasteiger partial charge in [0.15, 0.2) is 0 Å². The predicted octanol–water partition coefficient (Wildman–Crippen LogP) is 3.39. The summed E-state index contributed by atoms with van der Waals surface area (Å²) >= 11 is 0. The zero-order valence-corrected chi connectivity index (χ0v) is 14.6. The highest BCUT2D eigenvalue weighted by Gasteiger charge is 2.32. The number of para-hydroxylation sites is 1. The number of aromatic nitrogens is 2. The van der Waals surface area contributed by atoms with E-state index in [0.29, 0.717) is 24.5 Å². The van der Waals surface area contributed by atoms with Crippen molar-refractivity contribution in [2.24, 2.45) is 0 Å². The van der Waals surface area contributed by atoms with E-state index < -0.39 is 0 Å². The molecule has 1 amide bonds. The first-order chi connectivity index (χ1) is 12.7. The van der Waals surface area contributed by atoms with Crippen LogP contribution < -0.4 is 10.2 Å². The first-order valence-electron chi connectivity index (χ1n) is 8.67. The third-order valence-electron chi connectivity index (χ3n) is 4.73. The van der Waals surface area contributed by atoms with Gasteiger partial charge in [0.05, 0.1) is 17.8 Å². The molecule has 1 aliphatic rings. The lowest BCUT2D eigenvalue weighted by molar-refractivity contribution is -0.120. The van der Waals surface area contributed by atoms with Gasteiger partial charge in [-0.1, -0.05) is 48.5 Å². The molecule has 26 heavy (non-hydrogen) atoms. The van der Waals surface area contributed by atoms with Gasteiger partial charge in [-0.05, 0) is 23.6 Å². The van der Waals surface area contributed by atoms with Gasteiger partial charge in [-0.2, -0.15) is 0 Å². The van der Waals surface area contributed by atoms with Gasteiger partial charge in [-0.25, -0.2) is 4.98 Å². The Morgan fingerprint density at radius 3 is 2.69 bits per heavy atom. The minimum atomic E-state index is -0.305. The second-order valence-corrected chi connectivity index (χ2v) is 6.45. The average molecular weight is 344 g/mol. The van der Waals surface area contributed by atoms with Crippen LogP contribution in [0.4, 0.5) is 11.5 Å². The smallest absolute Gasteiger partial charge is 0.236 e. The molecule has 5 nitrogen and oxygen atoms in total. The molecule has 0 saturated heterocycles. The van der Waals surface area contributed by atoms with Gasteiger partial charge in [0, 0.05) is 25.5 Å². The number of amides is 1. The molecular weight excluding hydrogens is 324 g/mol. The second-order valence-electron chi connectivity index (χ2n) is 6.45. The van der Waals surface area contributed by atoms with Crippen molar-refractivity contribution in [3.63, 3.8) is 0 Å². The van der Waals surface area contributed by atoms with Crippen molar-refractivity contribution in [1.82, 2.24) is 9.97 Å². The number of carbonyl (C=O) groups is 1. The third kappa shape index (κ3) is 3.16. The Bertz CT molecular complexity index is 926. The number of fused-ring (bicyclic) bond motifs is 1. The molecule has 4 rings (SSSR count). The Balaban J connectivity index is 1.56. The molecule has 0 fully saturated rings. The Morgan fingerprint density at radius 2 is 1.85 bits per heavy atom. The first-order valence-corrected chi connectivity index (χ1v) is 8.67. The summed E-state index contributed by atoms with van der Waals surface area (Å²) in [4.78, 5) is 23.5. The summed E-state index contributed by atoms with van der Waals surface area (Å²) in [5.41, 5.74) is 4.00. The van der Waals surface area contributed by atoms with Crippen molar-refractivity contribution in [2.75, 3.05) is 17.3 Å². The predicted molar refractivity (Wildman–Crippen MR) is 102 cm³/mol. The van der Waals surface area contributed by atoms with E-state index in [0.717, 1.165) is 11.3 Å². The number of hydrogen-bond donors (Lipinski definition) is 1. The van der Waals surface area contributed by atoms with E-state index in [-0.39, 0.29) is 11.8 Å². The van der Waals surface area contributed by atoms with Crippen molar-refractivity contribution < 1.29 is 4.79 Å². The van der Waals surface area contributed by atoms with E-state index in [1.807, 2.05) is 43.4 Å². The Labute approximate surface area is 152 Å². The molecule has 2 heterocycles. The van der Waals surface area contributed by atoms with Crippen molar-refractivity contribution in [3.8, 4) is 0 Å². The second kappa shape index (κ2) is 6.96. The standard InChI is InChI=1S/C21H20N4O/c1-25-19-10-6-5-9-16(19)11-17(21(25)26)18-13-22-14-20(24-18)23-12-15-7-3-2-4-8-15/h2-10,13-14,17H,11-12H2,1H3,(H,23,24). The number of rotatable bonds is 4. The largest absolute Gasteiger partial charge is 0.365 e. The molecular formula is C21H20N4O. The maximum absolute atomic E-state index is 12.8. The highest BCUT2D eigenvalue weighted by Crippen LogP contribution is 2.33. The van der Waals surface area contributed by atoms with Crippen molar-refractivity contribution >= 4 is 17.4 Å². The number of anilines is 2. The molecule has 1 atom stereocenters. The molecule has 3 aromatic rings. The van der Waals surface area contributed by atoms with Gasteiger partial charge in [-0.3, -0.25) is 9.78 Å². The van der Waals surface area contributed by atoms with Crippen LogP contribution in [0, 0.1) is 0 Å². The van der Waals surface area contributed by atoms with Gasteiger partial charge in [0.25, 0.3) is 0 Å². The molecule has 0 bridgehead atoms. The van der Waals surface area contributed by atoms with Gasteiger partial charge < -0.3 is 10.2 Å². The van der Waals surface area contributed by atoms with E-state index in [1.165, 1.54) is 5.56 Å². The van der Waals surface area contributed by atoms with Crippen molar-refractivity contribution in [1.29, 1.82) is 0 Å². The zero-order valence-electron chi connectivity index (χ0n) is 14.6. The minimum Gasteiger partial charge on any atom is -0.365 e. The van der Waals surface area contributed by atoms with Crippen LogP contribution in [0.2, 0.25) is 0 Å². The van der Waals surface area contributed by atoms with Crippen LogP contribution in [0.1, 0.15) is 22.7 Å². The molecule has 130 valence electrons. The highest BCUT2D eigenvalue weighted by atomic mass is 16.2. The molecule has 5 heteroatoms. The lowest BCUT2D eigenvalue weighted by Crippen LogP contribution is -2.37. The summed E-state index contributed by atoms with van der Waals surface area (Å²) in [6.07, 6.45) is 4.03. The molecule has 1 aromatic heterocycles. The Morgan fingerprint density at radius 1 is 1.08 bits per heavy atom.